The van der Waals surface area contributed by atoms with E-state index in [2.05, 4.69) is 5.16 Å². The Labute approximate surface area is 127 Å². The third kappa shape index (κ3) is 3.96. The Kier molecular flexibility index (Phi) is 4.49. The van der Waals surface area contributed by atoms with Crippen molar-refractivity contribution in [3.05, 3.63) is 63.7 Å². The lowest BCUT2D eigenvalue weighted by atomic mass is 10.2. The number of nitrogens with zero attached hydrogens (tertiary/aromatic N) is 2. The molecule has 0 atom stereocenters. The van der Waals surface area contributed by atoms with E-state index in [1.165, 1.54) is 24.3 Å². The molecule has 0 heterocycles. The second-order valence-corrected chi connectivity index (χ2v) is 4.35. The smallest absolute Gasteiger partial charge is 0.416 e. The van der Waals surface area contributed by atoms with Gasteiger partial charge in [0, 0.05) is 6.07 Å². The molecule has 0 aliphatic rings. The van der Waals surface area contributed by atoms with Gasteiger partial charge in [-0.25, -0.2) is 0 Å². The number of ether oxygens (including phenoxy) is 1. The van der Waals surface area contributed by atoms with Crippen molar-refractivity contribution < 1.29 is 28.0 Å². The van der Waals surface area contributed by atoms with Crippen LogP contribution in [-0.4, -0.2) is 16.3 Å². The third-order valence-corrected chi connectivity index (χ3v) is 2.80. The van der Waals surface area contributed by atoms with E-state index in [9.17, 15) is 23.3 Å². The zero-order valence-corrected chi connectivity index (χ0v) is 11.3. The van der Waals surface area contributed by atoms with Crippen LogP contribution in [0.4, 0.5) is 18.9 Å². The summed E-state index contributed by atoms with van der Waals surface area (Å²) in [6, 6.07) is 7.88. The van der Waals surface area contributed by atoms with E-state index in [0.717, 1.165) is 12.3 Å². The number of rotatable bonds is 4. The van der Waals surface area contributed by atoms with Crippen LogP contribution >= 0.6 is 0 Å². The number of nitro benzene ring substituents is 1. The predicted molar refractivity (Wildman–Crippen MR) is 74.0 cm³/mol. The maximum absolute atomic E-state index is 12.6. The molecule has 1 N–H and O–H groups in total. The highest BCUT2D eigenvalue weighted by atomic mass is 19.4. The Bertz CT molecular complexity index is 743. The van der Waals surface area contributed by atoms with Crippen LogP contribution in [-0.2, 0) is 6.18 Å². The number of benzene rings is 2. The van der Waals surface area contributed by atoms with Gasteiger partial charge in [-0.2, -0.15) is 13.2 Å². The monoisotopic (exact) mass is 326 g/mol. The zero-order valence-electron chi connectivity index (χ0n) is 11.3. The molecule has 2 rings (SSSR count). The van der Waals surface area contributed by atoms with Crippen LogP contribution in [0.5, 0.6) is 11.5 Å². The lowest BCUT2D eigenvalue weighted by Crippen LogP contribution is -2.06. The first-order chi connectivity index (χ1) is 10.8. The number of alkyl halides is 3. The summed E-state index contributed by atoms with van der Waals surface area (Å²) in [6.07, 6.45) is -3.53. The Balaban J connectivity index is 2.33. The van der Waals surface area contributed by atoms with Gasteiger partial charge in [0.05, 0.1) is 16.7 Å². The molecule has 0 fully saturated rings. The van der Waals surface area contributed by atoms with Crippen LogP contribution in [0.25, 0.3) is 0 Å². The Morgan fingerprint density at radius 1 is 1.17 bits per heavy atom. The van der Waals surface area contributed by atoms with Crippen LogP contribution < -0.4 is 4.74 Å². The van der Waals surface area contributed by atoms with Crippen molar-refractivity contribution in [3.63, 3.8) is 0 Å². The van der Waals surface area contributed by atoms with Gasteiger partial charge in [0.1, 0.15) is 5.75 Å². The summed E-state index contributed by atoms with van der Waals surface area (Å²) in [4.78, 5) is 10.00. The summed E-state index contributed by atoms with van der Waals surface area (Å²) in [5, 5.41) is 22.2. The summed E-state index contributed by atoms with van der Waals surface area (Å²) >= 11 is 0. The van der Waals surface area contributed by atoms with Gasteiger partial charge in [0.2, 0.25) is 5.75 Å². The van der Waals surface area contributed by atoms with Crippen LogP contribution in [0.1, 0.15) is 11.1 Å². The van der Waals surface area contributed by atoms with E-state index in [1.807, 2.05) is 0 Å². The number of halogens is 3. The van der Waals surface area contributed by atoms with E-state index >= 15 is 0 Å². The van der Waals surface area contributed by atoms with Crippen molar-refractivity contribution in [1.29, 1.82) is 0 Å². The minimum absolute atomic E-state index is 0.183. The minimum atomic E-state index is -4.69. The molecule has 9 heteroatoms. The minimum Gasteiger partial charge on any atom is -0.450 e. The number of hydrogen-bond acceptors (Lipinski definition) is 5. The predicted octanol–water partition coefficient (Wildman–Crippen LogP) is 4.21. The molecule has 2 aromatic rings. The fourth-order valence-electron chi connectivity index (χ4n) is 1.74. The van der Waals surface area contributed by atoms with Crippen molar-refractivity contribution in [2.45, 2.75) is 6.18 Å². The normalized spacial score (nSPS) is 11.6. The molecular weight excluding hydrogens is 317 g/mol. The lowest BCUT2D eigenvalue weighted by molar-refractivity contribution is -0.385. The highest BCUT2D eigenvalue weighted by molar-refractivity contribution is 5.79. The van der Waals surface area contributed by atoms with Gasteiger partial charge >= 0.3 is 11.9 Å². The Hall–Kier alpha value is -3.10. The molecule has 0 aliphatic heterocycles. The van der Waals surface area contributed by atoms with Gasteiger partial charge < -0.3 is 9.94 Å². The quantitative estimate of drug-likeness (QED) is 0.395. The first-order valence-electron chi connectivity index (χ1n) is 6.12. The fourth-order valence-corrected chi connectivity index (χ4v) is 1.74. The van der Waals surface area contributed by atoms with Gasteiger partial charge in [0.25, 0.3) is 0 Å². The molecule has 0 unspecified atom stereocenters. The van der Waals surface area contributed by atoms with Gasteiger partial charge in [-0.15, -0.1) is 0 Å². The average molecular weight is 326 g/mol. The van der Waals surface area contributed by atoms with Gasteiger partial charge in [-0.3, -0.25) is 10.1 Å². The van der Waals surface area contributed by atoms with E-state index in [1.54, 1.807) is 0 Å². The fraction of sp³-hybridized carbons (Fsp3) is 0.0714. The molecule has 0 aliphatic carbocycles. The zero-order chi connectivity index (χ0) is 17.0. The van der Waals surface area contributed by atoms with Crippen LogP contribution in [0.3, 0.4) is 0 Å². The third-order valence-electron chi connectivity index (χ3n) is 2.80. The first kappa shape index (κ1) is 16.3. The molecule has 0 radical (unpaired) electrons. The summed E-state index contributed by atoms with van der Waals surface area (Å²) in [5.74, 6) is -0.130. The van der Waals surface area contributed by atoms with E-state index < -0.39 is 22.4 Å². The SMILES string of the molecule is O=[N+]([O-])c1cc(C(F)(F)F)ccc1Oc1ccc(/C=N\O)cc1. The van der Waals surface area contributed by atoms with Gasteiger partial charge in [-0.1, -0.05) is 5.16 Å². The number of nitro groups is 1. The molecule has 0 bridgehead atoms. The topological polar surface area (TPSA) is 85.0 Å². The summed E-state index contributed by atoms with van der Waals surface area (Å²) in [5.41, 5.74) is -1.38. The maximum atomic E-state index is 12.6. The molecule has 6 nitrogen and oxygen atoms in total. The molecule has 0 aromatic heterocycles. The van der Waals surface area contributed by atoms with Crippen molar-refractivity contribution in [3.8, 4) is 11.5 Å². The van der Waals surface area contributed by atoms with Crippen molar-refractivity contribution in [2.75, 3.05) is 0 Å². The van der Waals surface area contributed by atoms with E-state index in [-0.39, 0.29) is 11.5 Å². The summed E-state index contributed by atoms with van der Waals surface area (Å²) in [7, 11) is 0. The molecule has 2 aromatic carbocycles. The van der Waals surface area contributed by atoms with Crippen molar-refractivity contribution >= 4 is 11.9 Å². The summed E-state index contributed by atoms with van der Waals surface area (Å²) in [6.45, 7) is 0. The van der Waals surface area contributed by atoms with Crippen molar-refractivity contribution in [1.82, 2.24) is 0 Å². The molecule has 0 saturated heterocycles. The maximum Gasteiger partial charge on any atom is 0.416 e. The summed E-state index contributed by atoms with van der Waals surface area (Å²) < 4.78 is 43.1. The first-order valence-corrected chi connectivity index (χ1v) is 6.12. The number of oxime groups is 1. The molecule has 23 heavy (non-hydrogen) atoms. The molecule has 0 spiro atoms. The van der Waals surface area contributed by atoms with Gasteiger partial charge in [-0.05, 0) is 42.0 Å². The standard InChI is InChI=1S/C14H9F3N2O4/c15-14(16,17)10-3-6-13(12(7-10)19(21)22)23-11-4-1-9(2-5-11)8-18-20/h1-8,20H/b18-8-. The van der Waals surface area contributed by atoms with E-state index in [0.29, 0.717) is 17.7 Å². The van der Waals surface area contributed by atoms with Crippen LogP contribution in [0.2, 0.25) is 0 Å². The Morgan fingerprint density at radius 2 is 1.83 bits per heavy atom. The second-order valence-electron chi connectivity index (χ2n) is 4.35. The lowest BCUT2D eigenvalue weighted by Gasteiger charge is -2.10. The molecule has 0 amide bonds. The molecule has 0 saturated carbocycles. The van der Waals surface area contributed by atoms with Gasteiger partial charge in [0.15, 0.2) is 0 Å². The Morgan fingerprint density at radius 3 is 2.35 bits per heavy atom. The van der Waals surface area contributed by atoms with Crippen molar-refractivity contribution in [2.24, 2.45) is 5.16 Å². The molecule has 120 valence electrons. The molecular formula is C14H9F3N2O4. The average Bonchev–Trinajstić information content (AvgIpc) is 2.48. The second kappa shape index (κ2) is 6.34. The van der Waals surface area contributed by atoms with Crippen LogP contribution in [0.15, 0.2) is 47.6 Å². The highest BCUT2D eigenvalue weighted by Gasteiger charge is 2.33. The number of hydrogen-bond donors (Lipinski definition) is 1. The van der Waals surface area contributed by atoms with E-state index in [4.69, 9.17) is 9.94 Å². The highest BCUT2D eigenvalue weighted by Crippen LogP contribution is 2.37. The largest absolute Gasteiger partial charge is 0.450 e. The van der Waals surface area contributed by atoms with Crippen LogP contribution in [0, 0.1) is 10.1 Å².